The first kappa shape index (κ1) is 20.0. The van der Waals surface area contributed by atoms with Gasteiger partial charge in [-0.25, -0.2) is 0 Å². The molecule has 0 aliphatic carbocycles. The molecule has 1 unspecified atom stereocenters. The van der Waals surface area contributed by atoms with Crippen LogP contribution in [0.15, 0.2) is 30.3 Å². The monoisotopic (exact) mass is 330 g/mol. The molecule has 1 aromatic carbocycles. The van der Waals surface area contributed by atoms with Gasteiger partial charge in [-0.2, -0.15) is 13.2 Å². The van der Waals surface area contributed by atoms with Crippen molar-refractivity contribution in [1.29, 1.82) is 0 Å². The molecule has 0 heterocycles. The molecule has 0 aliphatic rings. The molecule has 1 rings (SSSR count). The van der Waals surface area contributed by atoms with Crippen LogP contribution in [-0.4, -0.2) is 16.9 Å². The fourth-order valence-electron chi connectivity index (χ4n) is 2.93. The molecule has 4 heteroatoms. The van der Waals surface area contributed by atoms with Gasteiger partial charge in [-0.3, -0.25) is 0 Å². The van der Waals surface area contributed by atoms with E-state index in [1.54, 1.807) is 0 Å². The van der Waals surface area contributed by atoms with Gasteiger partial charge in [0.2, 0.25) is 0 Å². The lowest BCUT2D eigenvalue weighted by molar-refractivity contribution is -0.179. The molecular weight excluding hydrogens is 301 g/mol. The second kappa shape index (κ2) is 9.96. The van der Waals surface area contributed by atoms with Crippen LogP contribution in [0, 0.1) is 0 Å². The molecule has 1 nitrogen and oxygen atoms in total. The molecule has 0 aliphatic heterocycles. The Balaban J connectivity index is 2.48. The number of aryl methyl sites for hydroxylation is 1. The summed E-state index contributed by atoms with van der Waals surface area (Å²) in [7, 11) is 0. The minimum Gasteiger partial charge on any atom is -0.390 e. The first-order chi connectivity index (χ1) is 10.8. The Bertz CT molecular complexity index is 416. The van der Waals surface area contributed by atoms with E-state index in [0.29, 0.717) is 12.8 Å². The van der Waals surface area contributed by atoms with E-state index in [4.69, 9.17) is 0 Å². The van der Waals surface area contributed by atoms with E-state index < -0.39 is 18.2 Å². The molecule has 0 fully saturated rings. The van der Waals surface area contributed by atoms with Gasteiger partial charge < -0.3 is 5.11 Å². The summed E-state index contributed by atoms with van der Waals surface area (Å²) >= 11 is 0. The zero-order valence-electron chi connectivity index (χ0n) is 14.0. The van der Waals surface area contributed by atoms with Crippen molar-refractivity contribution in [3.63, 3.8) is 0 Å². The Hall–Kier alpha value is -1.03. The van der Waals surface area contributed by atoms with Crippen molar-refractivity contribution in [3.05, 3.63) is 35.9 Å². The van der Waals surface area contributed by atoms with E-state index in [1.165, 1.54) is 6.42 Å². The molecule has 0 saturated carbocycles. The highest BCUT2D eigenvalue weighted by molar-refractivity contribution is 5.15. The van der Waals surface area contributed by atoms with Crippen LogP contribution >= 0.6 is 0 Å². The molecule has 0 saturated heterocycles. The topological polar surface area (TPSA) is 20.2 Å². The van der Waals surface area contributed by atoms with Crippen LogP contribution < -0.4 is 0 Å². The summed E-state index contributed by atoms with van der Waals surface area (Å²) in [6.45, 7) is 2.13. The number of halogens is 3. The summed E-state index contributed by atoms with van der Waals surface area (Å²) in [6.07, 6.45) is 1.45. The first-order valence-corrected chi connectivity index (χ1v) is 8.68. The first-order valence-electron chi connectivity index (χ1n) is 8.68. The lowest BCUT2D eigenvalue weighted by Gasteiger charge is -2.29. The minimum absolute atomic E-state index is 0.158. The Kier molecular flexibility index (Phi) is 8.67. The van der Waals surface area contributed by atoms with E-state index in [9.17, 15) is 18.3 Å². The molecular formula is C19H29F3O. The molecule has 0 bridgehead atoms. The van der Waals surface area contributed by atoms with Gasteiger partial charge in [0.15, 0.2) is 0 Å². The zero-order chi connectivity index (χ0) is 17.2. The molecule has 23 heavy (non-hydrogen) atoms. The maximum Gasteiger partial charge on any atom is 0.391 e. The second-order valence-corrected chi connectivity index (χ2v) is 6.52. The van der Waals surface area contributed by atoms with Gasteiger partial charge in [0.05, 0.1) is 12.0 Å². The van der Waals surface area contributed by atoms with E-state index in [1.807, 2.05) is 30.3 Å². The van der Waals surface area contributed by atoms with E-state index in [0.717, 1.165) is 31.2 Å². The van der Waals surface area contributed by atoms with Gasteiger partial charge in [-0.1, -0.05) is 75.8 Å². The standard InChI is InChI=1S/C19H29F3O/c1-2-3-4-5-6-10-14-18(23,16-19(20,21)22)15-13-17-11-8-7-9-12-17/h7-9,11-12,23H,2-6,10,13-16H2,1H3. The summed E-state index contributed by atoms with van der Waals surface area (Å²) in [5, 5.41) is 10.5. The van der Waals surface area contributed by atoms with E-state index in [-0.39, 0.29) is 12.8 Å². The fraction of sp³-hybridized carbons (Fsp3) is 0.684. The number of aliphatic hydroxyl groups is 1. The summed E-state index contributed by atoms with van der Waals surface area (Å²) in [5.41, 5.74) is -0.671. The molecule has 1 aromatic rings. The highest BCUT2D eigenvalue weighted by Gasteiger charge is 2.40. The lowest BCUT2D eigenvalue weighted by Crippen LogP contribution is -2.35. The highest BCUT2D eigenvalue weighted by atomic mass is 19.4. The maximum absolute atomic E-state index is 12.8. The summed E-state index contributed by atoms with van der Waals surface area (Å²) in [6, 6.07) is 9.39. The van der Waals surface area contributed by atoms with E-state index >= 15 is 0 Å². The lowest BCUT2D eigenvalue weighted by atomic mass is 9.86. The minimum atomic E-state index is -4.33. The largest absolute Gasteiger partial charge is 0.391 e. The third-order valence-corrected chi connectivity index (χ3v) is 4.25. The molecule has 0 spiro atoms. The molecule has 0 radical (unpaired) electrons. The van der Waals surface area contributed by atoms with Gasteiger partial charge in [0.25, 0.3) is 0 Å². The van der Waals surface area contributed by atoms with Crippen molar-refractivity contribution in [2.45, 2.75) is 82.9 Å². The van der Waals surface area contributed by atoms with Gasteiger partial charge in [-0.05, 0) is 24.8 Å². The molecule has 0 aromatic heterocycles. The summed E-state index contributed by atoms with van der Waals surface area (Å²) in [4.78, 5) is 0. The van der Waals surface area contributed by atoms with Crippen LogP contribution in [0.5, 0.6) is 0 Å². The van der Waals surface area contributed by atoms with E-state index in [2.05, 4.69) is 6.92 Å². The van der Waals surface area contributed by atoms with Gasteiger partial charge in [0.1, 0.15) is 0 Å². The van der Waals surface area contributed by atoms with Crippen molar-refractivity contribution in [2.75, 3.05) is 0 Å². The summed E-state index contributed by atoms with van der Waals surface area (Å²) in [5.74, 6) is 0. The molecule has 0 amide bonds. The average Bonchev–Trinajstić information content (AvgIpc) is 2.48. The number of hydrogen-bond acceptors (Lipinski definition) is 1. The predicted octanol–water partition coefficient (Wildman–Crippen LogP) is 6.05. The van der Waals surface area contributed by atoms with Crippen LogP contribution in [0.25, 0.3) is 0 Å². The summed E-state index contributed by atoms with van der Waals surface area (Å²) < 4.78 is 38.4. The van der Waals surface area contributed by atoms with Crippen molar-refractivity contribution in [2.24, 2.45) is 0 Å². The van der Waals surface area contributed by atoms with Crippen LogP contribution in [0.4, 0.5) is 13.2 Å². The van der Waals surface area contributed by atoms with Gasteiger partial charge >= 0.3 is 6.18 Å². The van der Waals surface area contributed by atoms with Crippen LogP contribution in [0.2, 0.25) is 0 Å². The zero-order valence-corrected chi connectivity index (χ0v) is 14.0. The Morgan fingerprint density at radius 2 is 1.48 bits per heavy atom. The van der Waals surface area contributed by atoms with Crippen molar-refractivity contribution in [3.8, 4) is 0 Å². The number of rotatable bonds is 11. The number of alkyl halides is 3. The van der Waals surface area contributed by atoms with Crippen LogP contribution in [0.3, 0.4) is 0 Å². The van der Waals surface area contributed by atoms with Crippen LogP contribution in [-0.2, 0) is 6.42 Å². The number of hydrogen-bond donors (Lipinski definition) is 1. The normalized spacial score (nSPS) is 14.7. The Morgan fingerprint density at radius 1 is 0.870 bits per heavy atom. The van der Waals surface area contributed by atoms with Crippen molar-refractivity contribution in [1.82, 2.24) is 0 Å². The average molecular weight is 330 g/mol. The Morgan fingerprint density at radius 3 is 2.09 bits per heavy atom. The third kappa shape index (κ3) is 9.65. The SMILES string of the molecule is CCCCCCCCC(O)(CCc1ccccc1)CC(F)(F)F. The van der Waals surface area contributed by atoms with Crippen LogP contribution in [0.1, 0.15) is 70.3 Å². The predicted molar refractivity (Wildman–Crippen MR) is 88.4 cm³/mol. The maximum atomic E-state index is 12.8. The second-order valence-electron chi connectivity index (χ2n) is 6.52. The molecule has 1 atom stereocenters. The Labute approximate surface area is 137 Å². The van der Waals surface area contributed by atoms with Crippen molar-refractivity contribution >= 4 is 0 Å². The smallest absolute Gasteiger partial charge is 0.390 e. The number of benzene rings is 1. The van der Waals surface area contributed by atoms with Gasteiger partial charge in [-0.15, -0.1) is 0 Å². The number of unbranched alkanes of at least 4 members (excludes halogenated alkanes) is 5. The molecule has 132 valence electrons. The quantitative estimate of drug-likeness (QED) is 0.489. The van der Waals surface area contributed by atoms with Gasteiger partial charge in [0, 0.05) is 0 Å². The fourth-order valence-corrected chi connectivity index (χ4v) is 2.93. The highest BCUT2D eigenvalue weighted by Crippen LogP contribution is 2.34. The molecule has 1 N–H and O–H groups in total. The van der Waals surface area contributed by atoms with Crippen molar-refractivity contribution < 1.29 is 18.3 Å². The third-order valence-electron chi connectivity index (χ3n) is 4.25.